The van der Waals surface area contributed by atoms with E-state index in [9.17, 15) is 18.0 Å². The fourth-order valence-electron chi connectivity index (χ4n) is 3.11. The van der Waals surface area contributed by atoms with Crippen molar-refractivity contribution in [3.05, 3.63) is 71.4 Å². The third kappa shape index (κ3) is 5.89. The molecule has 0 atom stereocenters. The van der Waals surface area contributed by atoms with Crippen LogP contribution in [-0.4, -0.2) is 38.4 Å². The van der Waals surface area contributed by atoms with Gasteiger partial charge in [-0.1, -0.05) is 44.2 Å². The van der Waals surface area contributed by atoms with Gasteiger partial charge in [-0.2, -0.15) is 0 Å². The van der Waals surface area contributed by atoms with Gasteiger partial charge in [-0.25, -0.2) is 18.4 Å². The van der Waals surface area contributed by atoms with E-state index in [-0.39, 0.29) is 10.8 Å². The highest BCUT2D eigenvalue weighted by Gasteiger charge is 2.17. The van der Waals surface area contributed by atoms with Gasteiger partial charge in [-0.15, -0.1) is 0 Å². The summed E-state index contributed by atoms with van der Waals surface area (Å²) in [6, 6.07) is 15.1. The predicted octanol–water partition coefficient (Wildman–Crippen LogP) is 2.52. The first kappa shape index (κ1) is 23.4. The molecule has 0 aliphatic heterocycles. The highest BCUT2D eigenvalue weighted by atomic mass is 32.2. The number of carbonyl (C=O) groups excluding carboxylic acids is 2. The molecule has 2 aromatic carbocycles. The van der Waals surface area contributed by atoms with E-state index in [1.165, 1.54) is 12.1 Å². The first-order valence-electron chi connectivity index (χ1n) is 10.1. The molecule has 1 amide bonds. The molecule has 3 aromatic rings. The SMILES string of the molecule is CC(C)c1cc(C(=O)OCC(=O)NCCc2ccc(S(N)(=O)=O)cc2)c2ccccc2n1. The Morgan fingerprint density at radius 3 is 2.44 bits per heavy atom. The van der Waals surface area contributed by atoms with Crippen LogP contribution in [0.3, 0.4) is 0 Å². The zero-order chi connectivity index (χ0) is 23.3. The Morgan fingerprint density at radius 2 is 1.78 bits per heavy atom. The fourth-order valence-corrected chi connectivity index (χ4v) is 3.63. The van der Waals surface area contributed by atoms with Gasteiger partial charge in [0.05, 0.1) is 16.0 Å². The van der Waals surface area contributed by atoms with Crippen molar-refractivity contribution in [2.45, 2.75) is 31.1 Å². The molecular formula is C23H25N3O5S. The lowest BCUT2D eigenvalue weighted by Gasteiger charge is -2.12. The van der Waals surface area contributed by atoms with E-state index < -0.39 is 28.5 Å². The van der Waals surface area contributed by atoms with Gasteiger partial charge in [0.15, 0.2) is 6.61 Å². The summed E-state index contributed by atoms with van der Waals surface area (Å²) in [6.45, 7) is 3.88. The van der Waals surface area contributed by atoms with Crippen LogP contribution in [0.5, 0.6) is 0 Å². The molecule has 3 N–H and O–H groups in total. The Kier molecular flexibility index (Phi) is 7.22. The molecular weight excluding hydrogens is 430 g/mol. The molecule has 0 radical (unpaired) electrons. The number of nitrogens with two attached hydrogens (primary N) is 1. The smallest absolute Gasteiger partial charge is 0.339 e. The maximum atomic E-state index is 12.7. The maximum absolute atomic E-state index is 12.7. The predicted molar refractivity (Wildman–Crippen MR) is 121 cm³/mol. The zero-order valence-electron chi connectivity index (χ0n) is 17.9. The number of hydrogen-bond acceptors (Lipinski definition) is 6. The molecule has 0 spiro atoms. The van der Waals surface area contributed by atoms with E-state index in [0.29, 0.717) is 29.4 Å². The Morgan fingerprint density at radius 1 is 1.09 bits per heavy atom. The summed E-state index contributed by atoms with van der Waals surface area (Å²) < 4.78 is 27.8. The van der Waals surface area contributed by atoms with E-state index in [1.54, 1.807) is 24.3 Å². The molecule has 8 nitrogen and oxygen atoms in total. The number of ether oxygens (including phenoxy) is 1. The number of para-hydroxylation sites is 1. The minimum Gasteiger partial charge on any atom is -0.452 e. The molecule has 9 heteroatoms. The molecule has 0 unspecified atom stereocenters. The fraction of sp³-hybridized carbons (Fsp3) is 0.261. The van der Waals surface area contributed by atoms with Crippen molar-refractivity contribution in [3.8, 4) is 0 Å². The Bertz CT molecular complexity index is 1240. The van der Waals surface area contributed by atoms with Crippen LogP contribution in [-0.2, 0) is 26.0 Å². The molecule has 0 aliphatic rings. The van der Waals surface area contributed by atoms with Crippen molar-refractivity contribution < 1.29 is 22.7 Å². The van der Waals surface area contributed by atoms with E-state index >= 15 is 0 Å². The van der Waals surface area contributed by atoms with Crippen LogP contribution in [0.2, 0.25) is 0 Å². The van der Waals surface area contributed by atoms with Crippen LogP contribution in [0.4, 0.5) is 0 Å². The van der Waals surface area contributed by atoms with Gasteiger partial charge in [0.2, 0.25) is 10.0 Å². The summed E-state index contributed by atoms with van der Waals surface area (Å²) in [4.78, 5) is 29.4. The lowest BCUT2D eigenvalue weighted by atomic mass is 10.0. The minimum atomic E-state index is -3.74. The number of primary sulfonamides is 1. The van der Waals surface area contributed by atoms with Crippen LogP contribution in [0.15, 0.2) is 59.5 Å². The number of nitrogens with one attached hydrogen (secondary N) is 1. The summed E-state index contributed by atoms with van der Waals surface area (Å²) in [6.07, 6.45) is 0.483. The molecule has 1 heterocycles. The Labute approximate surface area is 186 Å². The lowest BCUT2D eigenvalue weighted by Crippen LogP contribution is -2.30. The van der Waals surface area contributed by atoms with Crippen LogP contribution in [0, 0.1) is 0 Å². The third-order valence-corrected chi connectivity index (χ3v) is 5.80. The van der Waals surface area contributed by atoms with Gasteiger partial charge in [-0.3, -0.25) is 9.78 Å². The Hall–Kier alpha value is -3.30. The van der Waals surface area contributed by atoms with E-state index in [2.05, 4.69) is 10.3 Å². The van der Waals surface area contributed by atoms with Gasteiger partial charge in [0.1, 0.15) is 0 Å². The van der Waals surface area contributed by atoms with Crippen molar-refractivity contribution >= 4 is 32.8 Å². The van der Waals surface area contributed by atoms with E-state index in [1.807, 2.05) is 32.0 Å². The summed E-state index contributed by atoms with van der Waals surface area (Å²) in [5, 5.41) is 8.42. The number of rotatable bonds is 8. The molecule has 0 aliphatic carbocycles. The number of fused-ring (bicyclic) bond motifs is 1. The number of carbonyl (C=O) groups is 2. The van der Waals surface area contributed by atoms with Gasteiger partial charge in [-0.05, 0) is 42.2 Å². The standard InChI is InChI=1S/C23H25N3O5S/c1-15(2)21-13-19(18-5-3-4-6-20(18)26-21)23(28)31-14-22(27)25-12-11-16-7-9-17(10-8-16)32(24,29)30/h3-10,13,15H,11-12,14H2,1-2H3,(H,25,27)(H2,24,29,30). The molecule has 0 bridgehead atoms. The molecule has 3 rings (SSSR count). The normalized spacial score (nSPS) is 11.5. The van der Waals surface area contributed by atoms with Crippen LogP contribution >= 0.6 is 0 Å². The van der Waals surface area contributed by atoms with Crippen molar-refractivity contribution in [2.24, 2.45) is 5.14 Å². The van der Waals surface area contributed by atoms with Gasteiger partial charge >= 0.3 is 5.97 Å². The van der Waals surface area contributed by atoms with E-state index in [0.717, 1.165) is 11.3 Å². The molecule has 168 valence electrons. The van der Waals surface area contributed by atoms with Crippen molar-refractivity contribution in [1.29, 1.82) is 0 Å². The zero-order valence-corrected chi connectivity index (χ0v) is 18.7. The highest BCUT2D eigenvalue weighted by Crippen LogP contribution is 2.23. The second kappa shape index (κ2) is 9.88. The summed E-state index contributed by atoms with van der Waals surface area (Å²) in [5.74, 6) is -0.880. The number of pyridine rings is 1. The minimum absolute atomic E-state index is 0.0291. The first-order chi connectivity index (χ1) is 15.1. The van der Waals surface area contributed by atoms with Gasteiger partial charge < -0.3 is 10.1 Å². The average molecular weight is 456 g/mol. The summed E-state index contributed by atoms with van der Waals surface area (Å²) in [7, 11) is -3.74. The first-order valence-corrected chi connectivity index (χ1v) is 11.6. The number of hydrogen-bond donors (Lipinski definition) is 2. The molecule has 32 heavy (non-hydrogen) atoms. The number of sulfonamides is 1. The number of esters is 1. The van der Waals surface area contributed by atoms with Crippen molar-refractivity contribution in [3.63, 3.8) is 0 Å². The van der Waals surface area contributed by atoms with Crippen LogP contribution in [0.25, 0.3) is 10.9 Å². The van der Waals surface area contributed by atoms with Crippen molar-refractivity contribution in [2.75, 3.05) is 13.2 Å². The average Bonchev–Trinajstić information content (AvgIpc) is 2.76. The lowest BCUT2D eigenvalue weighted by molar-refractivity contribution is -0.124. The third-order valence-electron chi connectivity index (χ3n) is 4.87. The number of nitrogens with zero attached hydrogens (tertiary/aromatic N) is 1. The molecule has 0 saturated heterocycles. The van der Waals surface area contributed by atoms with Gasteiger partial charge in [0, 0.05) is 17.6 Å². The van der Waals surface area contributed by atoms with Crippen LogP contribution in [0.1, 0.15) is 41.4 Å². The number of benzene rings is 2. The van der Waals surface area contributed by atoms with Crippen molar-refractivity contribution in [1.82, 2.24) is 10.3 Å². The monoisotopic (exact) mass is 455 g/mol. The topological polar surface area (TPSA) is 128 Å². The Balaban J connectivity index is 1.55. The van der Waals surface area contributed by atoms with Crippen LogP contribution < -0.4 is 10.5 Å². The van der Waals surface area contributed by atoms with Gasteiger partial charge in [0.25, 0.3) is 5.91 Å². The second-order valence-electron chi connectivity index (χ2n) is 7.63. The summed E-state index contributed by atoms with van der Waals surface area (Å²) in [5.41, 5.74) is 2.68. The molecule has 0 saturated carbocycles. The van der Waals surface area contributed by atoms with E-state index in [4.69, 9.17) is 9.88 Å². The molecule has 1 aromatic heterocycles. The molecule has 0 fully saturated rings. The highest BCUT2D eigenvalue weighted by molar-refractivity contribution is 7.89. The maximum Gasteiger partial charge on any atom is 0.339 e. The second-order valence-corrected chi connectivity index (χ2v) is 9.19. The number of aromatic nitrogens is 1. The number of amides is 1. The largest absolute Gasteiger partial charge is 0.452 e. The summed E-state index contributed by atoms with van der Waals surface area (Å²) >= 11 is 0. The quantitative estimate of drug-likeness (QED) is 0.502.